The number of pyridine rings is 1. The number of methoxy groups -OCH3 is 1. The van der Waals surface area contributed by atoms with E-state index in [0.717, 1.165) is 23.2 Å². The maximum Gasteiger partial charge on any atom is 0.273 e. The molecule has 2 aromatic rings. The minimum absolute atomic E-state index is 0.0637. The molecule has 1 aromatic heterocycles. The molecule has 1 aliphatic carbocycles. The van der Waals surface area contributed by atoms with E-state index in [1.807, 2.05) is 12.1 Å². The summed E-state index contributed by atoms with van der Waals surface area (Å²) >= 11 is 0. The van der Waals surface area contributed by atoms with E-state index < -0.39 is 0 Å². The fraction of sp³-hybridized carbons (Fsp3) is 0.278. The van der Waals surface area contributed by atoms with Gasteiger partial charge in [-0.3, -0.25) is 15.1 Å². The van der Waals surface area contributed by atoms with Crippen molar-refractivity contribution in [2.24, 2.45) is 5.92 Å². The highest BCUT2D eigenvalue weighted by Gasteiger charge is 2.40. The second-order valence-electron chi connectivity index (χ2n) is 6.13. The van der Waals surface area contributed by atoms with Gasteiger partial charge in [0.1, 0.15) is 5.75 Å². The number of allylic oxidation sites excluding steroid dienone is 2. The first-order valence-corrected chi connectivity index (χ1v) is 7.88. The van der Waals surface area contributed by atoms with Crippen molar-refractivity contribution >= 4 is 11.4 Å². The Morgan fingerprint density at radius 1 is 1.33 bits per heavy atom. The second kappa shape index (κ2) is 5.63. The molecule has 122 valence electrons. The summed E-state index contributed by atoms with van der Waals surface area (Å²) < 4.78 is 5.43. The smallest absolute Gasteiger partial charge is 0.273 e. The fourth-order valence-electron chi connectivity index (χ4n) is 3.82. The average Bonchev–Trinajstić information content (AvgIpc) is 3.10. The first-order chi connectivity index (χ1) is 11.7. The molecule has 0 bridgehead atoms. The van der Waals surface area contributed by atoms with Crippen LogP contribution < -0.4 is 10.1 Å². The van der Waals surface area contributed by atoms with Gasteiger partial charge in [-0.25, -0.2) is 0 Å². The van der Waals surface area contributed by atoms with E-state index in [2.05, 4.69) is 22.5 Å². The molecule has 1 aliphatic heterocycles. The van der Waals surface area contributed by atoms with Crippen LogP contribution in [0, 0.1) is 16.0 Å². The minimum atomic E-state index is -0.370. The Balaban J connectivity index is 1.86. The number of nitrogens with zero attached hydrogens (tertiary/aromatic N) is 2. The molecular formula is C18H17N3O3. The van der Waals surface area contributed by atoms with Crippen molar-refractivity contribution < 1.29 is 9.66 Å². The number of nitro benzene ring substituents is 1. The molecule has 6 heteroatoms. The Morgan fingerprint density at radius 3 is 2.83 bits per heavy atom. The van der Waals surface area contributed by atoms with E-state index in [9.17, 15) is 10.1 Å². The van der Waals surface area contributed by atoms with E-state index in [0.29, 0.717) is 11.7 Å². The predicted octanol–water partition coefficient (Wildman–Crippen LogP) is 3.82. The first kappa shape index (κ1) is 14.7. The molecule has 0 radical (unpaired) electrons. The van der Waals surface area contributed by atoms with Gasteiger partial charge in [0.25, 0.3) is 5.69 Å². The van der Waals surface area contributed by atoms with Crippen molar-refractivity contribution in [3.63, 3.8) is 0 Å². The van der Waals surface area contributed by atoms with Crippen LogP contribution in [0.15, 0.2) is 48.8 Å². The van der Waals surface area contributed by atoms with Crippen LogP contribution in [0.25, 0.3) is 0 Å². The van der Waals surface area contributed by atoms with E-state index >= 15 is 0 Å². The molecule has 24 heavy (non-hydrogen) atoms. The SMILES string of the molecule is COc1cc([N+](=O)[O-])cc2c1N[C@H](c1ccncc1)[C@@H]1CC=C[C@H]21. The lowest BCUT2D eigenvalue weighted by molar-refractivity contribution is -0.385. The maximum absolute atomic E-state index is 11.2. The van der Waals surface area contributed by atoms with Gasteiger partial charge in [0, 0.05) is 24.4 Å². The molecule has 0 fully saturated rings. The zero-order valence-corrected chi connectivity index (χ0v) is 13.2. The molecule has 0 saturated carbocycles. The van der Waals surface area contributed by atoms with Crippen LogP contribution in [0.1, 0.15) is 29.5 Å². The van der Waals surface area contributed by atoms with Crippen LogP contribution in [-0.4, -0.2) is 17.0 Å². The maximum atomic E-state index is 11.2. The average molecular weight is 323 g/mol. The van der Waals surface area contributed by atoms with E-state index in [4.69, 9.17) is 4.74 Å². The molecule has 0 unspecified atom stereocenters. The standard InChI is InChI=1S/C18H17N3O3/c1-24-16-10-12(21(22)23)9-15-13-3-2-4-14(13)17(20-18(15)16)11-5-7-19-8-6-11/h2-3,5-10,13-14,17,20H,4H2,1H3/t13-,14+,17+/m0/s1. The number of aromatic nitrogens is 1. The Morgan fingerprint density at radius 2 is 2.12 bits per heavy atom. The molecule has 1 N–H and O–H groups in total. The van der Waals surface area contributed by atoms with E-state index in [1.165, 1.54) is 6.07 Å². The second-order valence-corrected chi connectivity index (χ2v) is 6.13. The summed E-state index contributed by atoms with van der Waals surface area (Å²) in [4.78, 5) is 15.0. The van der Waals surface area contributed by atoms with Gasteiger partial charge in [-0.1, -0.05) is 12.2 Å². The van der Waals surface area contributed by atoms with Crippen LogP contribution in [0.2, 0.25) is 0 Å². The number of hydrogen-bond donors (Lipinski definition) is 1. The van der Waals surface area contributed by atoms with Gasteiger partial charge in [0.05, 0.1) is 29.8 Å². The van der Waals surface area contributed by atoms with Gasteiger partial charge < -0.3 is 10.1 Å². The van der Waals surface area contributed by atoms with Gasteiger partial charge in [0.2, 0.25) is 0 Å². The number of nitrogens with one attached hydrogen (secondary N) is 1. The number of rotatable bonds is 3. The summed E-state index contributed by atoms with van der Waals surface area (Å²) in [5.74, 6) is 0.983. The van der Waals surface area contributed by atoms with Crippen molar-refractivity contribution in [3.05, 3.63) is 70.1 Å². The van der Waals surface area contributed by atoms with Crippen molar-refractivity contribution in [2.75, 3.05) is 12.4 Å². The van der Waals surface area contributed by atoms with Crippen LogP contribution in [-0.2, 0) is 0 Å². The fourth-order valence-corrected chi connectivity index (χ4v) is 3.82. The molecular weight excluding hydrogens is 306 g/mol. The third-order valence-corrected chi connectivity index (χ3v) is 4.91. The van der Waals surface area contributed by atoms with Crippen LogP contribution in [0.4, 0.5) is 11.4 Å². The zero-order chi connectivity index (χ0) is 16.7. The lowest BCUT2D eigenvalue weighted by atomic mass is 9.77. The molecule has 6 nitrogen and oxygen atoms in total. The van der Waals surface area contributed by atoms with Crippen molar-refractivity contribution in [2.45, 2.75) is 18.4 Å². The molecule has 4 rings (SSSR count). The lowest BCUT2D eigenvalue weighted by Gasteiger charge is -2.37. The Kier molecular flexibility index (Phi) is 3.45. The van der Waals surface area contributed by atoms with E-state index in [-0.39, 0.29) is 22.6 Å². The number of fused-ring (bicyclic) bond motifs is 3. The van der Waals surface area contributed by atoms with E-state index in [1.54, 1.807) is 25.6 Å². The summed E-state index contributed by atoms with van der Waals surface area (Å²) in [6.07, 6.45) is 8.83. The van der Waals surface area contributed by atoms with Gasteiger partial charge in [0.15, 0.2) is 0 Å². The third-order valence-electron chi connectivity index (χ3n) is 4.91. The van der Waals surface area contributed by atoms with Gasteiger partial charge in [-0.2, -0.15) is 0 Å². The molecule has 0 amide bonds. The van der Waals surface area contributed by atoms with Crippen LogP contribution in [0.5, 0.6) is 5.75 Å². The largest absolute Gasteiger partial charge is 0.494 e. The summed E-state index contributed by atoms with van der Waals surface area (Å²) in [6, 6.07) is 7.29. The first-order valence-electron chi connectivity index (χ1n) is 7.88. The normalized spacial score (nSPS) is 24.0. The number of hydrogen-bond acceptors (Lipinski definition) is 5. The minimum Gasteiger partial charge on any atom is -0.494 e. The van der Waals surface area contributed by atoms with Crippen LogP contribution >= 0.6 is 0 Å². The molecule has 2 heterocycles. The highest BCUT2D eigenvalue weighted by atomic mass is 16.6. The quantitative estimate of drug-likeness (QED) is 0.528. The van der Waals surface area contributed by atoms with Crippen molar-refractivity contribution in [1.29, 1.82) is 0 Å². The van der Waals surface area contributed by atoms with Crippen molar-refractivity contribution in [1.82, 2.24) is 4.98 Å². The highest BCUT2D eigenvalue weighted by molar-refractivity contribution is 5.71. The Bertz CT molecular complexity index is 820. The lowest BCUT2D eigenvalue weighted by Crippen LogP contribution is -2.29. The van der Waals surface area contributed by atoms with Gasteiger partial charge in [-0.15, -0.1) is 0 Å². The third kappa shape index (κ3) is 2.22. The number of benzene rings is 1. The highest BCUT2D eigenvalue weighted by Crippen LogP contribution is 2.53. The molecule has 0 spiro atoms. The summed E-state index contributed by atoms with van der Waals surface area (Å²) in [7, 11) is 1.54. The number of anilines is 1. The van der Waals surface area contributed by atoms with Crippen LogP contribution in [0.3, 0.4) is 0 Å². The number of non-ortho nitro benzene ring substituents is 1. The predicted molar refractivity (Wildman–Crippen MR) is 90.2 cm³/mol. The zero-order valence-electron chi connectivity index (χ0n) is 13.2. The summed E-state index contributed by atoms with van der Waals surface area (Å²) in [6.45, 7) is 0. The topological polar surface area (TPSA) is 77.3 Å². The van der Waals surface area contributed by atoms with Gasteiger partial charge >= 0.3 is 0 Å². The summed E-state index contributed by atoms with van der Waals surface area (Å²) in [5.41, 5.74) is 3.01. The van der Waals surface area contributed by atoms with Gasteiger partial charge in [-0.05, 0) is 35.6 Å². The number of ether oxygens (including phenoxy) is 1. The number of nitro groups is 1. The Labute approximate surface area is 139 Å². The monoisotopic (exact) mass is 323 g/mol. The Hall–Kier alpha value is -2.89. The van der Waals surface area contributed by atoms with Crippen molar-refractivity contribution in [3.8, 4) is 5.75 Å². The molecule has 2 aliphatic rings. The summed E-state index contributed by atoms with van der Waals surface area (Å²) in [5, 5.41) is 14.8. The molecule has 3 atom stereocenters. The molecule has 1 aromatic carbocycles. The molecule has 0 saturated heterocycles.